The second-order valence-corrected chi connectivity index (χ2v) is 10.5. The first-order valence-electron chi connectivity index (χ1n) is 14.1. The largest absolute Gasteiger partial charge is 0.497 e. The minimum atomic E-state index is 0.197. The summed E-state index contributed by atoms with van der Waals surface area (Å²) in [6.45, 7) is 0.648. The van der Waals surface area contributed by atoms with Gasteiger partial charge in [-0.25, -0.2) is 4.98 Å². The fraction of sp³-hybridized carbons (Fsp3) is 0.265. The number of carbonyl (C=O) groups is 1. The molecular weight excluding hydrogens is 496 g/mol. The smallest absolute Gasteiger partial charge is 0.227 e. The molecule has 0 aliphatic heterocycles. The molecule has 1 aliphatic carbocycles. The van der Waals surface area contributed by atoms with Gasteiger partial charge in [0.2, 0.25) is 5.91 Å². The molecule has 3 aromatic carbocycles. The third kappa shape index (κ3) is 5.48. The van der Waals surface area contributed by atoms with Gasteiger partial charge in [-0.05, 0) is 65.6 Å². The summed E-state index contributed by atoms with van der Waals surface area (Å²) in [6, 6.07) is 26.8. The number of aromatic amines is 1. The minimum Gasteiger partial charge on any atom is -0.497 e. The highest BCUT2D eigenvalue weighted by Gasteiger charge is 2.27. The first kappa shape index (κ1) is 25.8. The van der Waals surface area contributed by atoms with Crippen molar-refractivity contribution >= 4 is 16.7 Å². The van der Waals surface area contributed by atoms with E-state index in [1.807, 2.05) is 48.5 Å². The van der Waals surface area contributed by atoms with Crippen LogP contribution in [0.1, 0.15) is 36.9 Å². The van der Waals surface area contributed by atoms with Crippen LogP contribution in [0.25, 0.3) is 33.4 Å². The number of H-pyrrole nitrogens is 1. The number of hydrogen-bond donors (Lipinski definition) is 1. The number of aromatic nitrogens is 3. The first-order valence-corrected chi connectivity index (χ1v) is 14.1. The van der Waals surface area contributed by atoms with E-state index in [9.17, 15) is 4.79 Å². The molecule has 0 atom stereocenters. The standard InChI is InChI=1S/C34H34N4O2/c1-40-29-15-13-25(14-16-29)33-31(36-34(37-33)26-17-20-35-21-18-26)19-22-38(28-10-3-4-11-28)32(39)23-27-9-6-8-24-7-2-5-12-30(24)27/h2,5-9,12-18,20-21,28H,3-4,10-11,19,22-23H2,1H3,(H,36,37). The molecule has 1 N–H and O–H groups in total. The number of nitrogens with zero attached hydrogens (tertiary/aromatic N) is 3. The Morgan fingerprint density at radius 3 is 2.45 bits per heavy atom. The number of benzene rings is 3. The Hall–Kier alpha value is -4.45. The molecule has 2 heterocycles. The average molecular weight is 531 g/mol. The van der Waals surface area contributed by atoms with Crippen molar-refractivity contribution in [2.75, 3.05) is 13.7 Å². The zero-order chi connectivity index (χ0) is 27.3. The van der Waals surface area contributed by atoms with Crippen molar-refractivity contribution in [3.63, 3.8) is 0 Å². The SMILES string of the molecule is COc1ccc(-c2nc(-c3ccncc3)[nH]c2CCN(C(=O)Cc2cccc3ccccc23)C2CCCC2)cc1. The van der Waals surface area contributed by atoms with Crippen molar-refractivity contribution in [3.8, 4) is 28.4 Å². The highest BCUT2D eigenvalue weighted by atomic mass is 16.5. The van der Waals surface area contributed by atoms with Crippen molar-refractivity contribution in [1.29, 1.82) is 0 Å². The summed E-state index contributed by atoms with van der Waals surface area (Å²) in [5.74, 6) is 1.81. The van der Waals surface area contributed by atoms with Crippen molar-refractivity contribution in [2.24, 2.45) is 0 Å². The van der Waals surface area contributed by atoms with Crippen LogP contribution < -0.4 is 4.74 Å². The number of fused-ring (bicyclic) bond motifs is 1. The molecule has 1 aliphatic rings. The predicted octanol–water partition coefficient (Wildman–Crippen LogP) is 6.86. The van der Waals surface area contributed by atoms with Crippen LogP contribution in [0.15, 0.2) is 91.3 Å². The summed E-state index contributed by atoms with van der Waals surface area (Å²) in [7, 11) is 1.67. The number of carbonyl (C=O) groups excluding carboxylic acids is 1. The van der Waals surface area contributed by atoms with Gasteiger partial charge >= 0.3 is 0 Å². The van der Waals surface area contributed by atoms with Crippen LogP contribution in [-0.2, 0) is 17.6 Å². The molecule has 0 bridgehead atoms. The molecule has 0 saturated heterocycles. The van der Waals surface area contributed by atoms with E-state index in [4.69, 9.17) is 9.72 Å². The van der Waals surface area contributed by atoms with Gasteiger partial charge in [-0.1, -0.05) is 55.3 Å². The Bertz CT molecular complexity index is 1580. The first-order chi connectivity index (χ1) is 19.7. The van der Waals surface area contributed by atoms with Crippen LogP contribution in [-0.4, -0.2) is 45.5 Å². The molecule has 6 heteroatoms. The van der Waals surface area contributed by atoms with E-state index >= 15 is 0 Å². The zero-order valence-electron chi connectivity index (χ0n) is 22.8. The molecule has 0 unspecified atom stereocenters. The molecular formula is C34H34N4O2. The second kappa shape index (κ2) is 11.7. The van der Waals surface area contributed by atoms with E-state index in [1.54, 1.807) is 19.5 Å². The second-order valence-electron chi connectivity index (χ2n) is 10.5. The average Bonchev–Trinajstić information content (AvgIpc) is 3.69. The lowest BCUT2D eigenvalue weighted by Crippen LogP contribution is -2.41. The molecule has 40 heavy (non-hydrogen) atoms. The number of nitrogens with one attached hydrogen (secondary N) is 1. The number of ether oxygens (including phenoxy) is 1. The fourth-order valence-corrected chi connectivity index (χ4v) is 5.89. The summed E-state index contributed by atoms with van der Waals surface area (Å²) < 4.78 is 5.37. The van der Waals surface area contributed by atoms with E-state index in [2.05, 4.69) is 45.2 Å². The summed E-state index contributed by atoms with van der Waals surface area (Å²) in [5, 5.41) is 2.33. The molecule has 2 aromatic heterocycles. The third-order valence-electron chi connectivity index (χ3n) is 8.01. The Morgan fingerprint density at radius 2 is 1.68 bits per heavy atom. The van der Waals surface area contributed by atoms with Crippen molar-refractivity contribution in [3.05, 3.63) is 103 Å². The van der Waals surface area contributed by atoms with Gasteiger partial charge in [0.1, 0.15) is 11.6 Å². The van der Waals surface area contributed by atoms with Gasteiger partial charge in [-0.2, -0.15) is 0 Å². The lowest BCUT2D eigenvalue weighted by Gasteiger charge is -2.29. The third-order valence-corrected chi connectivity index (χ3v) is 8.01. The van der Waals surface area contributed by atoms with Crippen LogP contribution in [0.5, 0.6) is 5.75 Å². The van der Waals surface area contributed by atoms with Crippen molar-refractivity contribution in [2.45, 2.75) is 44.6 Å². The maximum absolute atomic E-state index is 13.9. The Labute approximate surface area is 235 Å². The molecule has 6 nitrogen and oxygen atoms in total. The van der Waals surface area contributed by atoms with Gasteiger partial charge in [0.25, 0.3) is 0 Å². The van der Waals surface area contributed by atoms with Crippen LogP contribution in [0.4, 0.5) is 0 Å². The van der Waals surface area contributed by atoms with Crippen LogP contribution >= 0.6 is 0 Å². The summed E-state index contributed by atoms with van der Waals surface area (Å²) in [5.41, 5.74) is 5.02. The maximum atomic E-state index is 13.9. The maximum Gasteiger partial charge on any atom is 0.227 e. The lowest BCUT2D eigenvalue weighted by molar-refractivity contribution is -0.132. The highest BCUT2D eigenvalue weighted by Crippen LogP contribution is 2.30. The van der Waals surface area contributed by atoms with Crippen LogP contribution in [0, 0.1) is 0 Å². The van der Waals surface area contributed by atoms with Crippen molar-refractivity contribution < 1.29 is 9.53 Å². The van der Waals surface area contributed by atoms with E-state index < -0.39 is 0 Å². The Kier molecular flexibility index (Phi) is 7.58. The van der Waals surface area contributed by atoms with E-state index in [0.717, 1.165) is 57.9 Å². The predicted molar refractivity (Wildman–Crippen MR) is 159 cm³/mol. The lowest BCUT2D eigenvalue weighted by atomic mass is 10.0. The normalized spacial score (nSPS) is 13.5. The number of hydrogen-bond acceptors (Lipinski definition) is 4. The topological polar surface area (TPSA) is 71.1 Å². The van der Waals surface area contributed by atoms with E-state index in [-0.39, 0.29) is 11.9 Å². The molecule has 1 amide bonds. The number of methoxy groups -OCH3 is 1. The number of rotatable bonds is 9. The van der Waals surface area contributed by atoms with Gasteiger partial charge in [-0.3, -0.25) is 9.78 Å². The summed E-state index contributed by atoms with van der Waals surface area (Å²) >= 11 is 0. The summed E-state index contributed by atoms with van der Waals surface area (Å²) in [6.07, 6.45) is 9.14. The Morgan fingerprint density at radius 1 is 0.925 bits per heavy atom. The molecule has 1 saturated carbocycles. The van der Waals surface area contributed by atoms with Gasteiger partial charge in [0.15, 0.2) is 0 Å². The van der Waals surface area contributed by atoms with E-state index in [0.29, 0.717) is 19.4 Å². The van der Waals surface area contributed by atoms with Gasteiger partial charge in [0.05, 0.1) is 19.2 Å². The van der Waals surface area contributed by atoms with Gasteiger partial charge < -0.3 is 14.6 Å². The number of imidazole rings is 1. The molecule has 0 spiro atoms. The minimum absolute atomic E-state index is 0.197. The fourth-order valence-electron chi connectivity index (χ4n) is 5.89. The van der Waals surface area contributed by atoms with Crippen molar-refractivity contribution in [1.82, 2.24) is 19.9 Å². The Balaban J connectivity index is 1.29. The number of amides is 1. The summed E-state index contributed by atoms with van der Waals surface area (Å²) in [4.78, 5) is 28.8. The highest BCUT2D eigenvalue weighted by molar-refractivity contribution is 5.90. The van der Waals surface area contributed by atoms with Crippen LogP contribution in [0.3, 0.4) is 0 Å². The number of pyridine rings is 1. The monoisotopic (exact) mass is 530 g/mol. The molecule has 6 rings (SSSR count). The van der Waals surface area contributed by atoms with E-state index in [1.165, 1.54) is 18.2 Å². The zero-order valence-corrected chi connectivity index (χ0v) is 22.8. The quantitative estimate of drug-likeness (QED) is 0.226. The molecule has 202 valence electrons. The van der Waals surface area contributed by atoms with Gasteiger partial charge in [-0.15, -0.1) is 0 Å². The molecule has 1 fully saturated rings. The van der Waals surface area contributed by atoms with Crippen LogP contribution in [0.2, 0.25) is 0 Å². The van der Waals surface area contributed by atoms with Gasteiger partial charge in [0, 0.05) is 48.2 Å². The molecule has 0 radical (unpaired) electrons. The molecule has 5 aromatic rings.